The first-order valence-electron chi connectivity index (χ1n) is 23.4. The van der Waals surface area contributed by atoms with E-state index in [1.807, 2.05) is 21.6 Å². The molecule has 1 saturated heterocycles. The number of dihydropyridines is 1. The van der Waals surface area contributed by atoms with Gasteiger partial charge in [-0.3, -0.25) is 14.5 Å². The molecule has 6 atom stereocenters. The molecule has 5 aliphatic heterocycles. The third-order valence-electron chi connectivity index (χ3n) is 16.7. The number of carbonyl (C=O) groups excluding carboxylic acids is 4. The number of nitrogens with one attached hydrogen (secondary N) is 2. The van der Waals surface area contributed by atoms with E-state index in [0.717, 1.165) is 110 Å². The molecule has 326 valence electrons. The summed E-state index contributed by atoms with van der Waals surface area (Å²) in [7, 11) is 3.71. The quantitative estimate of drug-likeness (QED) is 0.124. The Bertz CT molecular complexity index is 2070. The number of rotatable bonds is 8. The predicted molar refractivity (Wildman–Crippen MR) is 236 cm³/mol. The highest BCUT2D eigenvalue weighted by Crippen LogP contribution is 2.71. The minimum atomic E-state index is -0.851. The van der Waals surface area contributed by atoms with Gasteiger partial charge in [0.15, 0.2) is 0 Å². The number of imide groups is 1. The number of fused-ring (bicyclic) bond motifs is 2. The fourth-order valence-corrected chi connectivity index (χ4v) is 15.9. The summed E-state index contributed by atoms with van der Waals surface area (Å²) in [5.41, 5.74) is 3.61. The number of aliphatic hydroxyl groups is 1. The Balaban J connectivity index is 1.12. The zero-order valence-electron chi connectivity index (χ0n) is 35.5. The number of hydrogen-bond donors (Lipinski definition) is 3. The SMILES string of the molecule is CCC1(/C=C2\OC(=O)C3=C2CC[C@H]2[C@@H]4CC[C@@]5(C6=C4[C@@H](CN4C(=O)C=CC4=O)C4=CCNC(=C4)NCSSC[C@H](C4CCC(CCCO)CC4)C/C=C/5OC6=O)[C@@H]32)CCCC1. The Hall–Kier alpha value is -3.48. The Morgan fingerprint density at radius 2 is 1.72 bits per heavy atom. The Labute approximate surface area is 368 Å². The zero-order chi connectivity index (χ0) is 41.9. The summed E-state index contributed by atoms with van der Waals surface area (Å²) in [6.07, 6.45) is 27.6. The molecule has 4 fully saturated rings. The monoisotopic (exact) mass is 867 g/mol. The van der Waals surface area contributed by atoms with Crippen LogP contribution in [0.4, 0.5) is 0 Å². The van der Waals surface area contributed by atoms with E-state index in [0.29, 0.717) is 47.9 Å². The second-order valence-corrected chi connectivity index (χ2v) is 22.0. The lowest BCUT2D eigenvalue weighted by Crippen LogP contribution is -2.54. The number of nitrogens with zero attached hydrogens (tertiary/aromatic N) is 1. The molecule has 10 nitrogen and oxygen atoms in total. The van der Waals surface area contributed by atoms with Crippen molar-refractivity contribution in [2.45, 2.75) is 110 Å². The van der Waals surface area contributed by atoms with Crippen molar-refractivity contribution in [1.29, 1.82) is 0 Å². The molecule has 3 N–H and O–H groups in total. The molecule has 0 unspecified atom stereocenters. The van der Waals surface area contributed by atoms with Crippen LogP contribution in [-0.2, 0) is 28.7 Å². The molecule has 5 heterocycles. The number of amides is 2. The van der Waals surface area contributed by atoms with E-state index in [-0.39, 0.29) is 60.1 Å². The highest BCUT2D eigenvalue weighted by Gasteiger charge is 2.69. The number of esters is 2. The standard InChI is InChI=1S/C49H61N3O7S2/c1-2-48(19-3-4-20-48)25-37-35-13-12-34-33-17-21-49(44(34)43(35)46(56)58-37)38-14-11-32(30-9-7-29(8-10-30)6-5-23-53)27-60-61-28-51-39-24-31(18-22-50-39)36(42(33)45(49)47(57)59-38)26-52-40(54)15-16-41(52)55/h14-16,18,24-25,29-30,32-34,36,44,50-51,53H,2-13,17,19-23,26-28H2,1H3/b37-25-,38-14-/t29?,30?,32-,33+,34+,36+,44-,49+/m1/s1. The lowest BCUT2D eigenvalue weighted by Gasteiger charge is -2.57. The van der Waals surface area contributed by atoms with Crippen molar-refractivity contribution in [3.8, 4) is 0 Å². The maximum absolute atomic E-state index is 15.0. The summed E-state index contributed by atoms with van der Waals surface area (Å²) in [5, 5.41) is 16.6. The maximum atomic E-state index is 15.0. The van der Waals surface area contributed by atoms with Gasteiger partial charge in [0.25, 0.3) is 11.8 Å². The van der Waals surface area contributed by atoms with Crippen LogP contribution in [0.1, 0.15) is 110 Å². The van der Waals surface area contributed by atoms with Crippen LogP contribution in [0.25, 0.3) is 0 Å². The number of aliphatic hydroxyl groups excluding tert-OH is 1. The fourth-order valence-electron chi connectivity index (χ4n) is 13.7. The molecule has 61 heavy (non-hydrogen) atoms. The lowest BCUT2D eigenvalue weighted by molar-refractivity contribution is -0.138. The molecule has 3 saturated carbocycles. The van der Waals surface area contributed by atoms with Gasteiger partial charge in [-0.15, -0.1) is 0 Å². The van der Waals surface area contributed by atoms with Gasteiger partial charge in [0.05, 0.1) is 22.7 Å². The maximum Gasteiger partial charge on any atom is 0.340 e. The Morgan fingerprint density at radius 3 is 2.49 bits per heavy atom. The zero-order valence-corrected chi connectivity index (χ0v) is 37.1. The highest BCUT2D eigenvalue weighted by atomic mass is 33.1. The van der Waals surface area contributed by atoms with Gasteiger partial charge in [0.1, 0.15) is 11.5 Å². The van der Waals surface area contributed by atoms with Gasteiger partial charge in [-0.05, 0) is 141 Å². The topological polar surface area (TPSA) is 134 Å². The second kappa shape index (κ2) is 16.9. The number of hydrogen-bond acceptors (Lipinski definition) is 11. The third-order valence-corrected chi connectivity index (χ3v) is 19.0. The summed E-state index contributed by atoms with van der Waals surface area (Å²) in [5.74, 6) is 3.70. The second-order valence-electron chi connectivity index (χ2n) is 19.5. The minimum absolute atomic E-state index is 0.0357. The largest absolute Gasteiger partial charge is 0.427 e. The van der Waals surface area contributed by atoms with E-state index in [1.165, 1.54) is 42.7 Å². The molecular weight excluding hydrogens is 807 g/mol. The van der Waals surface area contributed by atoms with Crippen molar-refractivity contribution in [3.05, 3.63) is 81.7 Å². The minimum Gasteiger partial charge on any atom is -0.427 e. The average molecular weight is 868 g/mol. The van der Waals surface area contributed by atoms with Crippen molar-refractivity contribution in [1.82, 2.24) is 15.5 Å². The van der Waals surface area contributed by atoms with Crippen LogP contribution in [0.3, 0.4) is 0 Å². The van der Waals surface area contributed by atoms with Gasteiger partial charge in [-0.1, -0.05) is 60.3 Å². The molecule has 0 aromatic heterocycles. The first-order chi connectivity index (χ1) is 29.7. The van der Waals surface area contributed by atoms with Crippen molar-refractivity contribution in [2.24, 2.45) is 52.3 Å². The molecule has 11 aliphatic rings. The number of allylic oxidation sites excluding steroid dienone is 5. The van der Waals surface area contributed by atoms with Gasteiger partial charge >= 0.3 is 11.9 Å². The van der Waals surface area contributed by atoms with Crippen LogP contribution in [0.2, 0.25) is 0 Å². The van der Waals surface area contributed by atoms with Gasteiger partial charge in [0.2, 0.25) is 0 Å². The van der Waals surface area contributed by atoms with E-state index in [4.69, 9.17) is 9.47 Å². The van der Waals surface area contributed by atoms with E-state index >= 15 is 4.79 Å². The molecule has 7 bridgehead atoms. The van der Waals surface area contributed by atoms with Crippen molar-refractivity contribution in [3.63, 3.8) is 0 Å². The molecule has 6 aliphatic carbocycles. The first kappa shape index (κ1) is 41.5. The molecule has 12 heteroatoms. The van der Waals surface area contributed by atoms with Gasteiger partial charge in [-0.2, -0.15) is 0 Å². The van der Waals surface area contributed by atoms with E-state index in [2.05, 4.69) is 41.9 Å². The summed E-state index contributed by atoms with van der Waals surface area (Å²) in [6.45, 7) is 3.20. The van der Waals surface area contributed by atoms with Crippen LogP contribution >= 0.6 is 21.6 Å². The van der Waals surface area contributed by atoms with E-state index < -0.39 is 11.3 Å². The lowest BCUT2D eigenvalue weighted by atomic mass is 9.43. The molecular formula is C49H61N3O7S2. The van der Waals surface area contributed by atoms with Gasteiger partial charge < -0.3 is 25.2 Å². The smallest absolute Gasteiger partial charge is 0.340 e. The summed E-state index contributed by atoms with van der Waals surface area (Å²) >= 11 is 0. The molecule has 0 aromatic rings. The van der Waals surface area contributed by atoms with E-state index in [1.54, 1.807) is 0 Å². The van der Waals surface area contributed by atoms with Crippen LogP contribution in [0, 0.1) is 52.3 Å². The van der Waals surface area contributed by atoms with Gasteiger partial charge in [-0.25, -0.2) is 9.59 Å². The van der Waals surface area contributed by atoms with Crippen LogP contribution in [0.15, 0.2) is 81.7 Å². The molecule has 0 aromatic carbocycles. The first-order valence-corrected chi connectivity index (χ1v) is 25.9. The summed E-state index contributed by atoms with van der Waals surface area (Å²) < 4.78 is 13.0. The van der Waals surface area contributed by atoms with Gasteiger partial charge in [0, 0.05) is 60.6 Å². The normalized spacial score (nSPS) is 37.1. The summed E-state index contributed by atoms with van der Waals surface area (Å²) in [6, 6.07) is 0. The third kappa shape index (κ3) is 7.22. The highest BCUT2D eigenvalue weighted by molar-refractivity contribution is 8.76. The Morgan fingerprint density at radius 1 is 0.918 bits per heavy atom. The average Bonchev–Trinajstić information content (AvgIpc) is 4.04. The number of carbonyl (C=O) groups is 4. The molecule has 1 spiro atoms. The van der Waals surface area contributed by atoms with Crippen LogP contribution in [-0.4, -0.2) is 65.1 Å². The number of ether oxygens (including phenoxy) is 2. The van der Waals surface area contributed by atoms with Crippen molar-refractivity contribution < 1.29 is 33.8 Å². The van der Waals surface area contributed by atoms with Crippen molar-refractivity contribution in [2.75, 3.05) is 31.3 Å². The van der Waals surface area contributed by atoms with Crippen LogP contribution in [0.5, 0.6) is 0 Å². The molecule has 2 amide bonds. The number of cyclic esters (lactones) is 1. The fraction of sp³-hybridized carbons (Fsp3) is 0.633. The molecule has 0 radical (unpaired) electrons. The summed E-state index contributed by atoms with van der Waals surface area (Å²) in [4.78, 5) is 57.5. The van der Waals surface area contributed by atoms with E-state index in [9.17, 15) is 19.5 Å². The van der Waals surface area contributed by atoms with Crippen molar-refractivity contribution >= 4 is 45.3 Å². The molecule has 11 rings (SSSR count). The predicted octanol–water partition coefficient (Wildman–Crippen LogP) is 8.31. The van der Waals surface area contributed by atoms with Crippen LogP contribution < -0.4 is 10.6 Å². The Kier molecular flexibility index (Phi) is 11.5.